The maximum Gasteiger partial charge on any atom is 0.139 e. The van der Waals surface area contributed by atoms with Crippen LogP contribution in [0.5, 0.6) is 0 Å². The topological polar surface area (TPSA) is 70.6 Å². The van der Waals surface area contributed by atoms with Crippen LogP contribution in [0.4, 0.5) is 0 Å². The highest BCUT2D eigenvalue weighted by atomic mass is 32.1. The fourth-order valence-corrected chi connectivity index (χ4v) is 3.07. The number of hydrogen-bond donors (Lipinski definition) is 3. The maximum atomic E-state index is 8.63. The standard InChI is InChI=1S/C13H21N3OS/c1-9-3-4-11(18-9)10(2)15-8-13(5-6-13)7-12(14)16-17/h3-4,10,15,17H,5-8H2,1-2H3,(H2,14,16). The van der Waals surface area contributed by atoms with E-state index in [-0.39, 0.29) is 5.41 Å². The molecule has 1 aliphatic rings. The quantitative estimate of drug-likeness (QED) is 0.321. The van der Waals surface area contributed by atoms with Crippen molar-refractivity contribution in [2.24, 2.45) is 16.3 Å². The summed E-state index contributed by atoms with van der Waals surface area (Å²) in [6.07, 6.45) is 3.01. The molecule has 0 radical (unpaired) electrons. The third kappa shape index (κ3) is 3.23. The van der Waals surface area contributed by atoms with E-state index >= 15 is 0 Å². The molecule has 0 aromatic carbocycles. The zero-order valence-corrected chi connectivity index (χ0v) is 11.8. The SMILES string of the molecule is Cc1ccc(C(C)NCC2(CC(N)=NO)CC2)s1. The normalized spacial score (nSPS) is 19.8. The molecule has 5 heteroatoms. The number of nitrogens with two attached hydrogens (primary N) is 1. The van der Waals surface area contributed by atoms with Gasteiger partial charge in [-0.05, 0) is 44.2 Å². The summed E-state index contributed by atoms with van der Waals surface area (Å²) in [6, 6.07) is 4.70. The second kappa shape index (κ2) is 5.28. The van der Waals surface area contributed by atoms with Crippen molar-refractivity contribution < 1.29 is 5.21 Å². The molecule has 0 saturated heterocycles. The lowest BCUT2D eigenvalue weighted by Gasteiger charge is -2.18. The van der Waals surface area contributed by atoms with Crippen LogP contribution >= 0.6 is 11.3 Å². The Bertz CT molecular complexity index is 437. The molecule has 0 amide bonds. The van der Waals surface area contributed by atoms with Crippen LogP contribution in [0.2, 0.25) is 0 Å². The minimum absolute atomic E-state index is 0.219. The second-order valence-electron chi connectivity index (χ2n) is 5.32. The van der Waals surface area contributed by atoms with Crippen LogP contribution < -0.4 is 11.1 Å². The monoisotopic (exact) mass is 267 g/mol. The van der Waals surface area contributed by atoms with Crippen molar-refractivity contribution in [3.05, 3.63) is 21.9 Å². The minimum Gasteiger partial charge on any atom is -0.409 e. The molecule has 1 fully saturated rings. The van der Waals surface area contributed by atoms with Gasteiger partial charge in [0.25, 0.3) is 0 Å². The predicted octanol–water partition coefficient (Wildman–Crippen LogP) is 2.62. The number of oxime groups is 1. The molecule has 4 N–H and O–H groups in total. The smallest absolute Gasteiger partial charge is 0.139 e. The van der Waals surface area contributed by atoms with E-state index in [2.05, 4.69) is 36.5 Å². The van der Waals surface area contributed by atoms with Crippen molar-refractivity contribution in [1.82, 2.24) is 5.32 Å². The largest absolute Gasteiger partial charge is 0.409 e. The first-order valence-electron chi connectivity index (χ1n) is 6.31. The highest BCUT2D eigenvalue weighted by molar-refractivity contribution is 7.12. The highest BCUT2D eigenvalue weighted by Gasteiger charge is 2.43. The van der Waals surface area contributed by atoms with Gasteiger partial charge in [0.2, 0.25) is 0 Å². The van der Waals surface area contributed by atoms with Crippen molar-refractivity contribution in [3.8, 4) is 0 Å². The van der Waals surface area contributed by atoms with Crippen LogP contribution in [-0.2, 0) is 0 Å². The molecular formula is C13H21N3OS. The summed E-state index contributed by atoms with van der Waals surface area (Å²) in [5, 5.41) is 15.3. The number of rotatable bonds is 6. The van der Waals surface area contributed by atoms with Gasteiger partial charge in [-0.1, -0.05) is 5.16 Å². The third-order valence-electron chi connectivity index (χ3n) is 3.61. The molecular weight excluding hydrogens is 246 g/mol. The van der Waals surface area contributed by atoms with Gasteiger partial charge in [0, 0.05) is 28.8 Å². The van der Waals surface area contributed by atoms with Gasteiger partial charge in [-0.25, -0.2) is 0 Å². The number of hydrogen-bond acceptors (Lipinski definition) is 4. The van der Waals surface area contributed by atoms with Gasteiger partial charge in [0.05, 0.1) is 0 Å². The van der Waals surface area contributed by atoms with Crippen molar-refractivity contribution in [1.29, 1.82) is 0 Å². The van der Waals surface area contributed by atoms with Gasteiger partial charge in [0.15, 0.2) is 0 Å². The van der Waals surface area contributed by atoms with Crippen LogP contribution in [0.3, 0.4) is 0 Å². The first-order chi connectivity index (χ1) is 8.54. The zero-order chi connectivity index (χ0) is 13.2. The summed E-state index contributed by atoms with van der Waals surface area (Å²) >= 11 is 1.83. The molecule has 1 aromatic heterocycles. The van der Waals surface area contributed by atoms with Gasteiger partial charge in [0.1, 0.15) is 5.84 Å². The summed E-state index contributed by atoms with van der Waals surface area (Å²) in [6.45, 7) is 5.24. The Morgan fingerprint density at radius 1 is 1.61 bits per heavy atom. The summed E-state index contributed by atoms with van der Waals surface area (Å²) in [5.41, 5.74) is 5.81. The van der Waals surface area contributed by atoms with Gasteiger partial charge in [-0.2, -0.15) is 0 Å². The van der Waals surface area contributed by atoms with Crippen LogP contribution in [0.15, 0.2) is 17.3 Å². The Hall–Kier alpha value is -1.07. The third-order valence-corrected chi connectivity index (χ3v) is 4.80. The Morgan fingerprint density at radius 2 is 2.33 bits per heavy atom. The fourth-order valence-electron chi connectivity index (χ4n) is 2.17. The van der Waals surface area contributed by atoms with E-state index in [0.717, 1.165) is 19.4 Å². The minimum atomic E-state index is 0.219. The number of thiophene rings is 1. The Morgan fingerprint density at radius 3 is 2.83 bits per heavy atom. The second-order valence-corrected chi connectivity index (χ2v) is 6.64. The summed E-state index contributed by atoms with van der Waals surface area (Å²) < 4.78 is 0. The van der Waals surface area contributed by atoms with Gasteiger partial charge >= 0.3 is 0 Å². The lowest BCUT2D eigenvalue weighted by molar-refractivity contribution is 0.313. The molecule has 1 atom stereocenters. The number of aryl methyl sites for hydroxylation is 1. The highest BCUT2D eigenvalue weighted by Crippen LogP contribution is 2.48. The predicted molar refractivity (Wildman–Crippen MR) is 75.2 cm³/mol. The van der Waals surface area contributed by atoms with Crippen LogP contribution in [0.1, 0.15) is 42.0 Å². The molecule has 100 valence electrons. The van der Waals surface area contributed by atoms with Crippen molar-refractivity contribution in [3.63, 3.8) is 0 Å². The molecule has 1 unspecified atom stereocenters. The summed E-state index contributed by atoms with van der Waals surface area (Å²) in [5.74, 6) is 0.342. The Balaban J connectivity index is 1.84. The summed E-state index contributed by atoms with van der Waals surface area (Å²) in [7, 11) is 0. The molecule has 1 aromatic rings. The van der Waals surface area contributed by atoms with E-state index in [1.165, 1.54) is 9.75 Å². The number of nitrogens with one attached hydrogen (secondary N) is 1. The Kier molecular flexibility index (Phi) is 3.92. The maximum absolute atomic E-state index is 8.63. The van der Waals surface area contributed by atoms with Crippen molar-refractivity contribution >= 4 is 17.2 Å². The van der Waals surface area contributed by atoms with E-state index in [1.807, 2.05) is 11.3 Å². The van der Waals surface area contributed by atoms with Gasteiger partial charge < -0.3 is 16.3 Å². The molecule has 0 bridgehead atoms. The average Bonchev–Trinajstić information content (AvgIpc) is 2.98. The lowest BCUT2D eigenvalue weighted by Crippen LogP contribution is -2.29. The Labute approximate surface area is 112 Å². The van der Waals surface area contributed by atoms with E-state index < -0.39 is 0 Å². The molecule has 0 spiro atoms. The molecule has 18 heavy (non-hydrogen) atoms. The lowest BCUT2D eigenvalue weighted by atomic mass is 10.0. The van der Waals surface area contributed by atoms with E-state index in [9.17, 15) is 0 Å². The van der Waals surface area contributed by atoms with Crippen LogP contribution in [-0.4, -0.2) is 17.6 Å². The number of nitrogens with zero attached hydrogens (tertiary/aromatic N) is 1. The number of amidine groups is 1. The molecule has 1 heterocycles. The molecule has 1 aliphatic carbocycles. The van der Waals surface area contributed by atoms with E-state index in [0.29, 0.717) is 18.3 Å². The first-order valence-corrected chi connectivity index (χ1v) is 7.12. The van der Waals surface area contributed by atoms with Gasteiger partial charge in [-0.15, -0.1) is 11.3 Å². The fraction of sp³-hybridized carbons (Fsp3) is 0.615. The van der Waals surface area contributed by atoms with Crippen LogP contribution in [0.25, 0.3) is 0 Å². The van der Waals surface area contributed by atoms with Crippen LogP contribution in [0, 0.1) is 12.3 Å². The molecule has 0 aliphatic heterocycles. The van der Waals surface area contributed by atoms with Crippen molar-refractivity contribution in [2.75, 3.05) is 6.54 Å². The molecule has 2 rings (SSSR count). The van der Waals surface area contributed by atoms with E-state index in [4.69, 9.17) is 10.9 Å². The zero-order valence-electron chi connectivity index (χ0n) is 10.9. The molecule has 4 nitrogen and oxygen atoms in total. The summed E-state index contributed by atoms with van der Waals surface area (Å²) in [4.78, 5) is 2.71. The first kappa shape index (κ1) is 13.4. The average molecular weight is 267 g/mol. The van der Waals surface area contributed by atoms with E-state index in [1.54, 1.807) is 0 Å². The van der Waals surface area contributed by atoms with Gasteiger partial charge in [-0.3, -0.25) is 0 Å². The molecule has 1 saturated carbocycles. The van der Waals surface area contributed by atoms with Crippen molar-refractivity contribution in [2.45, 2.75) is 39.2 Å².